The van der Waals surface area contributed by atoms with E-state index in [2.05, 4.69) is 10.3 Å². The van der Waals surface area contributed by atoms with E-state index in [0.29, 0.717) is 12.3 Å². The normalized spacial score (nSPS) is 15.0. The Morgan fingerprint density at radius 2 is 2.09 bits per heavy atom. The van der Waals surface area contributed by atoms with E-state index >= 15 is 0 Å². The molecule has 0 bridgehead atoms. The molecule has 1 heterocycles. The highest BCUT2D eigenvalue weighted by Gasteiger charge is 2.33. The molecule has 4 heteroatoms. The number of amides is 1. The van der Waals surface area contributed by atoms with Gasteiger partial charge in [-0.1, -0.05) is 18.2 Å². The van der Waals surface area contributed by atoms with Crippen molar-refractivity contribution in [1.29, 1.82) is 0 Å². The van der Waals surface area contributed by atoms with Crippen molar-refractivity contribution >= 4 is 5.91 Å². The number of ether oxygens (including phenoxy) is 1. The molecule has 1 atom stereocenters. The van der Waals surface area contributed by atoms with E-state index in [9.17, 15) is 4.79 Å². The van der Waals surface area contributed by atoms with Crippen LogP contribution in [0.2, 0.25) is 0 Å². The summed E-state index contributed by atoms with van der Waals surface area (Å²) in [5, 5.41) is 3.20. The number of nitrogens with one attached hydrogen (secondary N) is 1. The molecule has 1 aliphatic carbocycles. The van der Waals surface area contributed by atoms with Gasteiger partial charge in [0.15, 0.2) is 0 Å². The van der Waals surface area contributed by atoms with Crippen LogP contribution in [0, 0.1) is 5.92 Å². The molecule has 1 aliphatic rings. The highest BCUT2D eigenvalue weighted by molar-refractivity contribution is 5.76. The summed E-state index contributed by atoms with van der Waals surface area (Å²) in [7, 11) is 1.66. The van der Waals surface area contributed by atoms with E-state index in [1.165, 1.54) is 12.8 Å². The van der Waals surface area contributed by atoms with E-state index < -0.39 is 0 Å². The first-order chi connectivity index (χ1) is 11.3. The van der Waals surface area contributed by atoms with Gasteiger partial charge in [-0.3, -0.25) is 9.78 Å². The molecular formula is C19H22N2O2. The number of carbonyl (C=O) groups is 1. The van der Waals surface area contributed by atoms with Crippen molar-refractivity contribution in [3.8, 4) is 5.75 Å². The van der Waals surface area contributed by atoms with Crippen LogP contribution in [0.15, 0.2) is 48.8 Å². The topological polar surface area (TPSA) is 51.2 Å². The lowest BCUT2D eigenvalue weighted by molar-refractivity contribution is -0.122. The molecule has 1 aromatic heterocycles. The van der Waals surface area contributed by atoms with Crippen LogP contribution in [0.25, 0.3) is 0 Å². The molecule has 1 aromatic carbocycles. The summed E-state index contributed by atoms with van der Waals surface area (Å²) in [5.41, 5.74) is 2.25. The van der Waals surface area contributed by atoms with Gasteiger partial charge in [0.25, 0.3) is 0 Å². The minimum absolute atomic E-state index is 0.0987. The zero-order valence-electron chi connectivity index (χ0n) is 13.4. The van der Waals surface area contributed by atoms with E-state index in [1.807, 2.05) is 42.6 Å². The fourth-order valence-electron chi connectivity index (χ4n) is 2.76. The van der Waals surface area contributed by atoms with E-state index in [0.717, 1.165) is 23.3 Å². The Balaban J connectivity index is 1.59. The lowest BCUT2D eigenvalue weighted by Crippen LogP contribution is -2.30. The van der Waals surface area contributed by atoms with Gasteiger partial charge in [0.2, 0.25) is 5.91 Å². The third kappa shape index (κ3) is 4.31. The summed E-state index contributed by atoms with van der Waals surface area (Å²) < 4.78 is 5.20. The Hall–Kier alpha value is -2.36. The monoisotopic (exact) mass is 310 g/mol. The zero-order chi connectivity index (χ0) is 16.1. The van der Waals surface area contributed by atoms with Gasteiger partial charge in [-0.15, -0.1) is 0 Å². The summed E-state index contributed by atoms with van der Waals surface area (Å²) >= 11 is 0. The van der Waals surface area contributed by atoms with Crippen molar-refractivity contribution < 1.29 is 9.53 Å². The first kappa shape index (κ1) is 15.5. The van der Waals surface area contributed by atoms with Crippen molar-refractivity contribution in [3.63, 3.8) is 0 Å². The number of aromatic nitrogens is 1. The molecular weight excluding hydrogens is 288 g/mol. The number of aryl methyl sites for hydroxylation is 1. The minimum Gasteiger partial charge on any atom is -0.497 e. The van der Waals surface area contributed by atoms with Gasteiger partial charge >= 0.3 is 0 Å². The Labute approximate surface area is 136 Å². The quantitative estimate of drug-likeness (QED) is 0.854. The number of hydrogen-bond acceptors (Lipinski definition) is 3. The Morgan fingerprint density at radius 1 is 1.30 bits per heavy atom. The molecule has 4 nitrogen and oxygen atoms in total. The molecule has 2 aromatic rings. The van der Waals surface area contributed by atoms with Gasteiger partial charge in [0, 0.05) is 18.8 Å². The summed E-state index contributed by atoms with van der Waals surface area (Å²) in [6.07, 6.45) is 7.13. The maximum atomic E-state index is 12.3. The maximum absolute atomic E-state index is 12.3. The highest BCUT2D eigenvalue weighted by Crippen LogP contribution is 2.41. The number of hydrogen-bond donors (Lipinski definition) is 1. The number of methoxy groups -OCH3 is 1. The molecule has 0 radical (unpaired) electrons. The smallest absolute Gasteiger partial charge is 0.220 e. The van der Waals surface area contributed by atoms with Crippen LogP contribution >= 0.6 is 0 Å². The van der Waals surface area contributed by atoms with Crippen molar-refractivity contribution in [3.05, 3.63) is 59.9 Å². The lowest BCUT2D eigenvalue weighted by Gasteiger charge is -2.19. The predicted molar refractivity (Wildman–Crippen MR) is 89.2 cm³/mol. The summed E-state index contributed by atoms with van der Waals surface area (Å²) in [6.45, 7) is 0. The molecule has 0 aliphatic heterocycles. The number of nitrogens with zero attached hydrogens (tertiary/aromatic N) is 1. The van der Waals surface area contributed by atoms with Gasteiger partial charge in [-0.05, 0) is 54.5 Å². The van der Waals surface area contributed by atoms with E-state index in [-0.39, 0.29) is 11.9 Å². The Bertz CT molecular complexity index is 636. The van der Waals surface area contributed by atoms with Crippen molar-refractivity contribution in [2.24, 2.45) is 5.92 Å². The van der Waals surface area contributed by atoms with Crippen LogP contribution in [0.1, 0.15) is 36.4 Å². The van der Waals surface area contributed by atoms with Crippen molar-refractivity contribution in [2.45, 2.75) is 31.7 Å². The van der Waals surface area contributed by atoms with Crippen LogP contribution in [0.4, 0.5) is 0 Å². The molecule has 1 fully saturated rings. The average molecular weight is 310 g/mol. The molecule has 1 amide bonds. The van der Waals surface area contributed by atoms with Crippen LogP contribution in [-0.2, 0) is 11.2 Å². The summed E-state index contributed by atoms with van der Waals surface area (Å²) in [6, 6.07) is 12.0. The van der Waals surface area contributed by atoms with Crippen molar-refractivity contribution in [1.82, 2.24) is 10.3 Å². The van der Waals surface area contributed by atoms with Crippen molar-refractivity contribution in [2.75, 3.05) is 7.11 Å². The van der Waals surface area contributed by atoms with Crippen LogP contribution in [-0.4, -0.2) is 18.0 Å². The minimum atomic E-state index is 0.0987. The fraction of sp³-hybridized carbons (Fsp3) is 0.368. The van der Waals surface area contributed by atoms with Gasteiger partial charge in [0.05, 0.1) is 13.2 Å². The number of pyridine rings is 1. The molecule has 120 valence electrons. The second-order valence-corrected chi connectivity index (χ2v) is 6.02. The predicted octanol–water partition coefficient (Wildman–Crippen LogP) is 3.29. The second kappa shape index (κ2) is 7.27. The standard InChI is InChI=1S/C19H22N2O2/c1-23-17-9-7-16(8-10-17)19(15-5-6-15)21-18(22)11-4-14-3-2-12-20-13-14/h2-3,7-10,12-13,15,19H,4-6,11H2,1H3,(H,21,22). The summed E-state index contributed by atoms with van der Waals surface area (Å²) in [4.78, 5) is 16.4. The first-order valence-corrected chi connectivity index (χ1v) is 8.08. The highest BCUT2D eigenvalue weighted by atomic mass is 16.5. The molecule has 1 unspecified atom stereocenters. The van der Waals surface area contributed by atoms with Crippen LogP contribution in [0.3, 0.4) is 0 Å². The largest absolute Gasteiger partial charge is 0.497 e. The van der Waals surface area contributed by atoms with Crippen LogP contribution in [0.5, 0.6) is 5.75 Å². The maximum Gasteiger partial charge on any atom is 0.220 e. The molecule has 1 N–H and O–H groups in total. The number of rotatable bonds is 7. The third-order valence-corrected chi connectivity index (χ3v) is 4.25. The first-order valence-electron chi connectivity index (χ1n) is 8.08. The number of benzene rings is 1. The fourth-order valence-corrected chi connectivity index (χ4v) is 2.76. The zero-order valence-corrected chi connectivity index (χ0v) is 13.4. The van der Waals surface area contributed by atoms with Gasteiger partial charge < -0.3 is 10.1 Å². The Kier molecular flexibility index (Phi) is 4.91. The van der Waals surface area contributed by atoms with Gasteiger partial charge in [0.1, 0.15) is 5.75 Å². The molecule has 0 saturated heterocycles. The van der Waals surface area contributed by atoms with Gasteiger partial charge in [-0.25, -0.2) is 0 Å². The molecule has 3 rings (SSSR count). The third-order valence-electron chi connectivity index (χ3n) is 4.25. The van der Waals surface area contributed by atoms with E-state index in [1.54, 1.807) is 13.3 Å². The number of carbonyl (C=O) groups excluding carboxylic acids is 1. The molecule has 23 heavy (non-hydrogen) atoms. The van der Waals surface area contributed by atoms with E-state index in [4.69, 9.17) is 4.74 Å². The summed E-state index contributed by atoms with van der Waals surface area (Å²) in [5.74, 6) is 1.50. The average Bonchev–Trinajstić information content (AvgIpc) is 3.44. The second-order valence-electron chi connectivity index (χ2n) is 6.02. The molecule has 0 spiro atoms. The molecule has 1 saturated carbocycles. The SMILES string of the molecule is COc1ccc(C(NC(=O)CCc2cccnc2)C2CC2)cc1. The Morgan fingerprint density at radius 3 is 2.70 bits per heavy atom. The van der Waals surface area contributed by atoms with Gasteiger partial charge in [-0.2, -0.15) is 0 Å². The lowest BCUT2D eigenvalue weighted by atomic mass is 10.0. The van der Waals surface area contributed by atoms with Crippen LogP contribution < -0.4 is 10.1 Å².